The van der Waals surface area contributed by atoms with Crippen LogP contribution in [0.2, 0.25) is 0 Å². The first-order chi connectivity index (χ1) is 8.31. The zero-order chi connectivity index (χ0) is 12.1. The van der Waals surface area contributed by atoms with Crippen molar-refractivity contribution in [2.24, 2.45) is 0 Å². The van der Waals surface area contributed by atoms with Crippen LogP contribution in [0.15, 0.2) is 37.1 Å². The summed E-state index contributed by atoms with van der Waals surface area (Å²) in [5.74, 6) is -0.103. The van der Waals surface area contributed by atoms with Gasteiger partial charge >= 0.3 is 0 Å². The number of hydrogen-bond acceptors (Lipinski definition) is 3. The highest BCUT2D eigenvalue weighted by Crippen LogP contribution is 2.13. The molecule has 2 aromatic rings. The third-order valence-corrected chi connectivity index (χ3v) is 2.55. The zero-order valence-electron chi connectivity index (χ0n) is 9.55. The summed E-state index contributed by atoms with van der Waals surface area (Å²) >= 11 is 0. The van der Waals surface area contributed by atoms with Crippen LogP contribution in [0.5, 0.6) is 0 Å². The van der Waals surface area contributed by atoms with Crippen molar-refractivity contribution in [3.8, 4) is 0 Å². The third-order valence-electron chi connectivity index (χ3n) is 2.55. The average molecular weight is 230 g/mol. The van der Waals surface area contributed by atoms with Crippen LogP contribution in [-0.2, 0) is 0 Å². The third kappa shape index (κ3) is 2.69. The molecule has 0 aliphatic heterocycles. The van der Waals surface area contributed by atoms with E-state index in [0.29, 0.717) is 5.56 Å². The van der Waals surface area contributed by atoms with Gasteiger partial charge < -0.3 is 10.3 Å². The van der Waals surface area contributed by atoms with Crippen molar-refractivity contribution >= 4 is 5.91 Å². The van der Waals surface area contributed by atoms with E-state index in [1.807, 2.05) is 6.92 Å². The lowest BCUT2D eigenvalue weighted by Gasteiger charge is -2.15. The Bertz CT molecular complexity index is 467. The summed E-state index contributed by atoms with van der Waals surface area (Å²) in [6.07, 6.45) is 7.34. The van der Waals surface area contributed by atoms with Crippen molar-refractivity contribution in [1.29, 1.82) is 0 Å². The topological polar surface area (TPSA) is 70.7 Å². The molecule has 0 aliphatic rings. The van der Waals surface area contributed by atoms with Gasteiger partial charge in [0.25, 0.3) is 5.91 Å². The number of H-pyrrole nitrogens is 1. The summed E-state index contributed by atoms with van der Waals surface area (Å²) < 4.78 is 0. The summed E-state index contributed by atoms with van der Waals surface area (Å²) in [6.45, 7) is 2.01. The van der Waals surface area contributed by atoms with Crippen LogP contribution >= 0.6 is 0 Å². The van der Waals surface area contributed by atoms with Crippen molar-refractivity contribution in [3.05, 3.63) is 48.3 Å². The lowest BCUT2D eigenvalue weighted by atomic mass is 10.1. The highest BCUT2D eigenvalue weighted by atomic mass is 16.1. The fraction of sp³-hybridized carbons (Fsp3) is 0.250. The molecular formula is C12H14N4O. The van der Waals surface area contributed by atoms with Crippen LogP contribution in [0, 0.1) is 0 Å². The zero-order valence-corrected chi connectivity index (χ0v) is 9.55. The first kappa shape index (κ1) is 11.3. The number of hydrogen-bond donors (Lipinski definition) is 2. The molecule has 2 aromatic heterocycles. The van der Waals surface area contributed by atoms with E-state index in [4.69, 9.17) is 0 Å². The minimum Gasteiger partial charge on any atom is -0.347 e. The maximum Gasteiger partial charge on any atom is 0.251 e. The van der Waals surface area contributed by atoms with Gasteiger partial charge in [0, 0.05) is 18.0 Å². The number of nitrogens with zero attached hydrogens (tertiary/aromatic N) is 2. The summed E-state index contributed by atoms with van der Waals surface area (Å²) in [5.41, 5.74) is 1.52. The van der Waals surface area contributed by atoms with Crippen molar-refractivity contribution in [2.45, 2.75) is 19.4 Å². The van der Waals surface area contributed by atoms with E-state index in [1.165, 1.54) is 0 Å². The number of imidazole rings is 1. The molecule has 0 saturated carbocycles. The second-order valence-electron chi connectivity index (χ2n) is 3.68. The second-order valence-corrected chi connectivity index (χ2v) is 3.68. The molecule has 2 rings (SSSR count). The van der Waals surface area contributed by atoms with Gasteiger partial charge in [-0.3, -0.25) is 9.78 Å². The minimum atomic E-state index is -0.103. The standard InChI is InChI=1S/C12H14N4O/c1-2-10(11-7-14-8-15-11)16-12(17)9-3-5-13-6-4-9/h3-8,10H,2H2,1H3,(H,14,15)(H,16,17)/t10-/m0/s1. The smallest absolute Gasteiger partial charge is 0.251 e. The van der Waals surface area contributed by atoms with Crippen LogP contribution in [0.4, 0.5) is 0 Å². The van der Waals surface area contributed by atoms with Crippen LogP contribution < -0.4 is 5.32 Å². The Morgan fingerprint density at radius 1 is 1.41 bits per heavy atom. The number of nitrogens with one attached hydrogen (secondary N) is 2. The molecule has 1 atom stereocenters. The number of rotatable bonds is 4. The lowest BCUT2D eigenvalue weighted by Crippen LogP contribution is -2.28. The number of aromatic nitrogens is 3. The Morgan fingerprint density at radius 2 is 2.18 bits per heavy atom. The van der Waals surface area contributed by atoms with Crippen LogP contribution in [0.25, 0.3) is 0 Å². The van der Waals surface area contributed by atoms with E-state index in [9.17, 15) is 4.79 Å². The number of carbonyl (C=O) groups is 1. The van der Waals surface area contributed by atoms with Gasteiger partial charge in [-0.05, 0) is 18.6 Å². The molecule has 0 radical (unpaired) electrons. The van der Waals surface area contributed by atoms with Crippen molar-refractivity contribution < 1.29 is 4.79 Å². The normalized spacial score (nSPS) is 12.1. The lowest BCUT2D eigenvalue weighted by molar-refractivity contribution is 0.0934. The summed E-state index contributed by atoms with van der Waals surface area (Å²) in [6, 6.07) is 3.34. The molecule has 0 saturated heterocycles. The first-order valence-electron chi connectivity index (χ1n) is 5.50. The van der Waals surface area contributed by atoms with Gasteiger partial charge in [0.1, 0.15) is 0 Å². The second kappa shape index (κ2) is 5.25. The largest absolute Gasteiger partial charge is 0.347 e. The van der Waals surface area contributed by atoms with Crippen molar-refractivity contribution in [1.82, 2.24) is 20.3 Å². The quantitative estimate of drug-likeness (QED) is 0.839. The van der Waals surface area contributed by atoms with Gasteiger partial charge in [0.15, 0.2) is 0 Å². The highest BCUT2D eigenvalue weighted by Gasteiger charge is 2.14. The van der Waals surface area contributed by atoms with Crippen LogP contribution in [0.1, 0.15) is 35.4 Å². The molecule has 17 heavy (non-hydrogen) atoms. The van der Waals surface area contributed by atoms with E-state index in [2.05, 4.69) is 20.3 Å². The monoisotopic (exact) mass is 230 g/mol. The van der Waals surface area contributed by atoms with E-state index in [-0.39, 0.29) is 11.9 Å². The van der Waals surface area contributed by atoms with E-state index >= 15 is 0 Å². The van der Waals surface area contributed by atoms with E-state index < -0.39 is 0 Å². The van der Waals surface area contributed by atoms with E-state index in [1.54, 1.807) is 37.1 Å². The summed E-state index contributed by atoms with van der Waals surface area (Å²) in [7, 11) is 0. The average Bonchev–Trinajstić information content (AvgIpc) is 2.90. The fourth-order valence-corrected chi connectivity index (χ4v) is 1.60. The molecule has 0 unspecified atom stereocenters. The Balaban J connectivity index is 2.08. The Kier molecular flexibility index (Phi) is 3.49. The molecule has 88 valence electrons. The Labute approximate surface area is 99.3 Å². The molecule has 0 spiro atoms. The predicted molar refractivity (Wildman–Crippen MR) is 63.3 cm³/mol. The molecule has 5 nitrogen and oxygen atoms in total. The number of carbonyl (C=O) groups excluding carboxylic acids is 1. The maximum absolute atomic E-state index is 11.9. The molecule has 0 fully saturated rings. The first-order valence-corrected chi connectivity index (χ1v) is 5.50. The number of pyridine rings is 1. The molecule has 2 N–H and O–H groups in total. The van der Waals surface area contributed by atoms with E-state index in [0.717, 1.165) is 12.1 Å². The molecular weight excluding hydrogens is 216 g/mol. The van der Waals surface area contributed by atoms with Crippen molar-refractivity contribution in [3.63, 3.8) is 0 Å². The molecule has 0 bridgehead atoms. The fourth-order valence-electron chi connectivity index (χ4n) is 1.60. The summed E-state index contributed by atoms with van der Waals surface area (Å²) in [4.78, 5) is 22.8. The molecule has 0 aliphatic carbocycles. The molecule has 1 amide bonds. The minimum absolute atomic E-state index is 0.0434. The number of aromatic amines is 1. The summed E-state index contributed by atoms with van der Waals surface area (Å²) in [5, 5.41) is 2.95. The van der Waals surface area contributed by atoms with Gasteiger partial charge in [-0.15, -0.1) is 0 Å². The predicted octanol–water partition coefficient (Wildman–Crippen LogP) is 1.69. The number of amides is 1. The van der Waals surface area contributed by atoms with Gasteiger partial charge in [0.05, 0.1) is 24.3 Å². The molecule has 2 heterocycles. The Morgan fingerprint density at radius 3 is 2.76 bits per heavy atom. The van der Waals surface area contributed by atoms with Gasteiger partial charge in [-0.25, -0.2) is 4.98 Å². The molecule has 0 aromatic carbocycles. The van der Waals surface area contributed by atoms with Crippen molar-refractivity contribution in [2.75, 3.05) is 0 Å². The highest BCUT2D eigenvalue weighted by molar-refractivity contribution is 5.94. The van der Waals surface area contributed by atoms with Gasteiger partial charge in [-0.2, -0.15) is 0 Å². The Hall–Kier alpha value is -2.17. The van der Waals surface area contributed by atoms with Crippen LogP contribution in [0.3, 0.4) is 0 Å². The SMILES string of the molecule is CC[C@H](NC(=O)c1ccncc1)c1cnc[nH]1. The molecule has 5 heteroatoms. The van der Waals surface area contributed by atoms with Crippen LogP contribution in [-0.4, -0.2) is 20.9 Å². The maximum atomic E-state index is 11.9. The van der Waals surface area contributed by atoms with Gasteiger partial charge in [-0.1, -0.05) is 6.92 Å². The van der Waals surface area contributed by atoms with Gasteiger partial charge in [0.2, 0.25) is 0 Å².